The van der Waals surface area contributed by atoms with E-state index in [4.69, 9.17) is 0 Å². The van der Waals surface area contributed by atoms with Gasteiger partial charge in [-0.05, 0) is 26.0 Å². The standard InChI is InChI=1S/C12H18N2.ClH/c1-10-8-13-9-11(2)14(10)12-6-4-3-5-7-12;/h3-7,10-11,13H,8-9H2,1-2H3;1H. The van der Waals surface area contributed by atoms with E-state index in [-0.39, 0.29) is 12.4 Å². The molecule has 1 aliphatic rings. The number of benzene rings is 1. The first-order valence-electron chi connectivity index (χ1n) is 5.33. The zero-order chi connectivity index (χ0) is 9.97. The average molecular weight is 227 g/mol. The second kappa shape index (κ2) is 5.38. The normalized spacial score (nSPS) is 25.9. The van der Waals surface area contributed by atoms with E-state index >= 15 is 0 Å². The Labute approximate surface area is 98.1 Å². The van der Waals surface area contributed by atoms with Gasteiger partial charge in [-0.25, -0.2) is 0 Å². The molecule has 2 rings (SSSR count). The first-order chi connectivity index (χ1) is 6.79. The van der Waals surface area contributed by atoms with Crippen LogP contribution in [0.2, 0.25) is 0 Å². The highest BCUT2D eigenvalue weighted by atomic mass is 35.5. The first-order valence-corrected chi connectivity index (χ1v) is 5.33. The van der Waals surface area contributed by atoms with E-state index in [0.717, 1.165) is 13.1 Å². The third kappa shape index (κ3) is 2.64. The lowest BCUT2D eigenvalue weighted by molar-refractivity contribution is 0.432. The van der Waals surface area contributed by atoms with E-state index in [0.29, 0.717) is 12.1 Å². The van der Waals surface area contributed by atoms with E-state index in [2.05, 4.69) is 54.4 Å². The smallest absolute Gasteiger partial charge is 0.0389 e. The molecule has 2 unspecified atom stereocenters. The molecule has 2 atom stereocenters. The number of rotatable bonds is 1. The van der Waals surface area contributed by atoms with Crippen LogP contribution in [0.25, 0.3) is 0 Å². The van der Waals surface area contributed by atoms with Gasteiger partial charge >= 0.3 is 0 Å². The first kappa shape index (κ1) is 12.3. The van der Waals surface area contributed by atoms with Crippen LogP contribution in [-0.4, -0.2) is 25.2 Å². The molecule has 0 aromatic heterocycles. The molecule has 0 amide bonds. The van der Waals surface area contributed by atoms with Crippen molar-refractivity contribution in [3.05, 3.63) is 30.3 Å². The molecule has 0 radical (unpaired) electrons. The van der Waals surface area contributed by atoms with E-state index in [1.165, 1.54) is 5.69 Å². The van der Waals surface area contributed by atoms with Crippen LogP contribution >= 0.6 is 12.4 Å². The third-order valence-corrected chi connectivity index (χ3v) is 2.88. The van der Waals surface area contributed by atoms with Gasteiger partial charge in [-0.1, -0.05) is 18.2 Å². The van der Waals surface area contributed by atoms with Gasteiger partial charge in [0.2, 0.25) is 0 Å². The van der Waals surface area contributed by atoms with Crippen LogP contribution in [0.15, 0.2) is 30.3 Å². The summed E-state index contributed by atoms with van der Waals surface area (Å²) in [6.45, 7) is 6.71. The van der Waals surface area contributed by atoms with Crippen molar-refractivity contribution < 1.29 is 0 Å². The average Bonchev–Trinajstić information content (AvgIpc) is 2.19. The van der Waals surface area contributed by atoms with Crippen LogP contribution < -0.4 is 10.2 Å². The van der Waals surface area contributed by atoms with Gasteiger partial charge in [0, 0.05) is 30.9 Å². The minimum Gasteiger partial charge on any atom is -0.364 e. The van der Waals surface area contributed by atoms with Crippen LogP contribution in [0.5, 0.6) is 0 Å². The molecule has 1 aliphatic heterocycles. The minimum atomic E-state index is 0. The number of anilines is 1. The Balaban J connectivity index is 0.00000112. The van der Waals surface area contributed by atoms with Crippen molar-refractivity contribution in [1.82, 2.24) is 5.32 Å². The summed E-state index contributed by atoms with van der Waals surface area (Å²) in [5, 5.41) is 3.44. The summed E-state index contributed by atoms with van der Waals surface area (Å²) in [6.07, 6.45) is 0. The van der Waals surface area contributed by atoms with Gasteiger partial charge in [0.05, 0.1) is 0 Å². The lowest BCUT2D eigenvalue weighted by atomic mass is 10.1. The fraction of sp³-hybridized carbons (Fsp3) is 0.500. The highest BCUT2D eigenvalue weighted by Crippen LogP contribution is 2.20. The SMILES string of the molecule is CC1CNCC(C)N1c1ccccc1.Cl. The summed E-state index contributed by atoms with van der Waals surface area (Å²) in [5.41, 5.74) is 1.34. The summed E-state index contributed by atoms with van der Waals surface area (Å²) in [4.78, 5) is 2.50. The quantitative estimate of drug-likeness (QED) is 0.791. The molecule has 1 aromatic rings. The van der Waals surface area contributed by atoms with Gasteiger partial charge in [0.1, 0.15) is 0 Å². The van der Waals surface area contributed by atoms with Crippen LogP contribution in [0, 0.1) is 0 Å². The number of halogens is 1. The van der Waals surface area contributed by atoms with Crippen molar-refractivity contribution in [2.75, 3.05) is 18.0 Å². The number of nitrogens with zero attached hydrogens (tertiary/aromatic N) is 1. The molecule has 1 heterocycles. The molecule has 0 aliphatic carbocycles. The minimum absolute atomic E-state index is 0. The molecule has 2 nitrogen and oxygen atoms in total. The number of piperazine rings is 1. The van der Waals surface area contributed by atoms with Crippen molar-refractivity contribution in [2.45, 2.75) is 25.9 Å². The summed E-state index contributed by atoms with van der Waals surface area (Å²) in [5.74, 6) is 0. The van der Waals surface area contributed by atoms with Crippen molar-refractivity contribution >= 4 is 18.1 Å². The van der Waals surface area contributed by atoms with Gasteiger partial charge in [-0.3, -0.25) is 0 Å². The fourth-order valence-electron chi connectivity index (χ4n) is 2.24. The van der Waals surface area contributed by atoms with Crippen LogP contribution in [-0.2, 0) is 0 Å². The Kier molecular flexibility index (Phi) is 4.43. The Morgan fingerprint density at radius 3 is 2.13 bits per heavy atom. The van der Waals surface area contributed by atoms with E-state index in [1.54, 1.807) is 0 Å². The molecular formula is C12H19ClN2. The molecule has 1 saturated heterocycles. The summed E-state index contributed by atoms with van der Waals surface area (Å²) < 4.78 is 0. The third-order valence-electron chi connectivity index (χ3n) is 2.88. The molecule has 1 N–H and O–H groups in total. The Morgan fingerprint density at radius 1 is 1.07 bits per heavy atom. The molecule has 0 bridgehead atoms. The van der Waals surface area contributed by atoms with Crippen molar-refractivity contribution in [3.8, 4) is 0 Å². The Bertz CT molecular complexity index is 279. The molecule has 84 valence electrons. The summed E-state index contributed by atoms with van der Waals surface area (Å²) >= 11 is 0. The molecule has 0 spiro atoms. The molecule has 15 heavy (non-hydrogen) atoms. The fourth-order valence-corrected chi connectivity index (χ4v) is 2.24. The molecule has 1 fully saturated rings. The highest BCUT2D eigenvalue weighted by molar-refractivity contribution is 5.85. The van der Waals surface area contributed by atoms with Crippen molar-refractivity contribution in [1.29, 1.82) is 0 Å². The topological polar surface area (TPSA) is 15.3 Å². The predicted molar refractivity (Wildman–Crippen MR) is 68.0 cm³/mol. The zero-order valence-corrected chi connectivity index (χ0v) is 10.1. The molecule has 3 heteroatoms. The Hall–Kier alpha value is -0.730. The highest BCUT2D eigenvalue weighted by Gasteiger charge is 2.23. The summed E-state index contributed by atoms with van der Waals surface area (Å²) in [7, 11) is 0. The number of hydrogen-bond donors (Lipinski definition) is 1. The maximum atomic E-state index is 3.44. The maximum absolute atomic E-state index is 3.44. The second-order valence-corrected chi connectivity index (χ2v) is 4.10. The van der Waals surface area contributed by atoms with Gasteiger partial charge in [-0.15, -0.1) is 12.4 Å². The molecule has 1 aromatic carbocycles. The summed E-state index contributed by atoms with van der Waals surface area (Å²) in [6, 6.07) is 11.8. The van der Waals surface area contributed by atoms with Crippen LogP contribution in [0.3, 0.4) is 0 Å². The number of para-hydroxylation sites is 1. The van der Waals surface area contributed by atoms with Crippen molar-refractivity contribution in [3.63, 3.8) is 0 Å². The zero-order valence-electron chi connectivity index (χ0n) is 9.31. The van der Waals surface area contributed by atoms with E-state index in [9.17, 15) is 0 Å². The van der Waals surface area contributed by atoms with Gasteiger partial charge < -0.3 is 10.2 Å². The van der Waals surface area contributed by atoms with Crippen LogP contribution in [0.4, 0.5) is 5.69 Å². The number of hydrogen-bond acceptors (Lipinski definition) is 2. The lowest BCUT2D eigenvalue weighted by Crippen LogP contribution is -2.55. The van der Waals surface area contributed by atoms with E-state index in [1.807, 2.05) is 0 Å². The monoisotopic (exact) mass is 226 g/mol. The second-order valence-electron chi connectivity index (χ2n) is 4.10. The van der Waals surface area contributed by atoms with Gasteiger partial charge in [-0.2, -0.15) is 0 Å². The number of nitrogens with one attached hydrogen (secondary N) is 1. The van der Waals surface area contributed by atoms with Crippen LogP contribution in [0.1, 0.15) is 13.8 Å². The predicted octanol–water partition coefficient (Wildman–Crippen LogP) is 2.30. The lowest BCUT2D eigenvalue weighted by Gasteiger charge is -2.41. The maximum Gasteiger partial charge on any atom is 0.0389 e. The molecule has 0 saturated carbocycles. The molecular weight excluding hydrogens is 208 g/mol. The van der Waals surface area contributed by atoms with Gasteiger partial charge in [0.25, 0.3) is 0 Å². The van der Waals surface area contributed by atoms with Gasteiger partial charge in [0.15, 0.2) is 0 Å². The largest absolute Gasteiger partial charge is 0.364 e. The van der Waals surface area contributed by atoms with Crippen molar-refractivity contribution in [2.24, 2.45) is 0 Å². The van der Waals surface area contributed by atoms with E-state index < -0.39 is 0 Å². The Morgan fingerprint density at radius 2 is 1.60 bits per heavy atom.